The van der Waals surface area contributed by atoms with Crippen molar-refractivity contribution in [3.8, 4) is 39.4 Å². The van der Waals surface area contributed by atoms with Crippen LogP contribution >= 0.6 is 0 Å². The molecule has 5 heterocycles. The highest BCUT2D eigenvalue weighted by molar-refractivity contribution is 6.02. The number of halogens is 1. The zero-order valence-corrected chi connectivity index (χ0v) is 26.1. The molecule has 6 aromatic rings. The number of aromatic nitrogens is 4. The van der Waals surface area contributed by atoms with Crippen molar-refractivity contribution in [1.29, 1.82) is 0 Å². The standard InChI is InChI=1S/C38H39FN6O/c39-30-18-28(19-31(21-30)46-16-15-44-11-4-5-12-44)32-7-6-8-35-33(32)22-37(41-35)38-34-20-27(9-10-36(34)42-43-38)29-17-26(23-40-24-29)25-45-13-2-1-3-14-45/h6-10,17-24,41H,1-5,11-16,25H2,(H,42,43). The molecule has 0 spiro atoms. The number of piperidine rings is 1. The average molecular weight is 615 g/mol. The van der Waals surface area contributed by atoms with Gasteiger partial charge in [-0.15, -0.1) is 0 Å². The van der Waals surface area contributed by atoms with Gasteiger partial charge in [0, 0.05) is 53.4 Å². The summed E-state index contributed by atoms with van der Waals surface area (Å²) in [4.78, 5) is 13.1. The minimum absolute atomic E-state index is 0.304. The number of hydrogen-bond donors (Lipinski definition) is 2. The Kier molecular flexibility index (Phi) is 7.98. The number of hydrogen-bond acceptors (Lipinski definition) is 5. The Bertz CT molecular complexity index is 1980. The summed E-state index contributed by atoms with van der Waals surface area (Å²) in [5.41, 5.74) is 8.88. The molecule has 7 nitrogen and oxygen atoms in total. The van der Waals surface area contributed by atoms with Crippen molar-refractivity contribution in [1.82, 2.24) is 30.0 Å². The minimum Gasteiger partial charge on any atom is -0.492 e. The summed E-state index contributed by atoms with van der Waals surface area (Å²) in [7, 11) is 0. The molecule has 0 saturated carbocycles. The fourth-order valence-electron chi connectivity index (χ4n) is 7.14. The van der Waals surface area contributed by atoms with E-state index >= 15 is 0 Å². The molecule has 0 aliphatic carbocycles. The zero-order valence-electron chi connectivity index (χ0n) is 26.1. The number of nitrogens with zero attached hydrogens (tertiary/aromatic N) is 4. The molecule has 0 unspecified atom stereocenters. The van der Waals surface area contributed by atoms with Gasteiger partial charge in [-0.2, -0.15) is 5.10 Å². The predicted molar refractivity (Wildman–Crippen MR) is 182 cm³/mol. The van der Waals surface area contributed by atoms with E-state index in [2.05, 4.69) is 61.3 Å². The quantitative estimate of drug-likeness (QED) is 0.172. The number of H-pyrrole nitrogens is 2. The Morgan fingerprint density at radius 2 is 1.59 bits per heavy atom. The second-order valence-electron chi connectivity index (χ2n) is 12.8. The third kappa shape index (κ3) is 6.02. The monoisotopic (exact) mass is 614 g/mol. The lowest BCUT2D eigenvalue weighted by molar-refractivity contribution is 0.220. The second kappa shape index (κ2) is 12.7. The van der Waals surface area contributed by atoms with Crippen molar-refractivity contribution in [3.05, 3.63) is 90.5 Å². The smallest absolute Gasteiger partial charge is 0.127 e. The Hall–Kier alpha value is -4.53. The highest BCUT2D eigenvalue weighted by Gasteiger charge is 2.17. The third-order valence-corrected chi connectivity index (χ3v) is 9.52. The van der Waals surface area contributed by atoms with E-state index in [0.717, 1.165) is 94.7 Å². The van der Waals surface area contributed by atoms with Gasteiger partial charge in [0.2, 0.25) is 0 Å². The van der Waals surface area contributed by atoms with E-state index < -0.39 is 0 Å². The molecule has 3 aromatic carbocycles. The molecule has 0 amide bonds. The molecule has 0 bridgehead atoms. The van der Waals surface area contributed by atoms with E-state index in [-0.39, 0.29) is 5.82 Å². The molecule has 2 aliphatic heterocycles. The van der Waals surface area contributed by atoms with Crippen molar-refractivity contribution >= 4 is 21.8 Å². The number of aromatic amines is 2. The Morgan fingerprint density at radius 3 is 2.48 bits per heavy atom. The van der Waals surface area contributed by atoms with Crippen LogP contribution in [-0.4, -0.2) is 69.3 Å². The fraction of sp³-hybridized carbons (Fsp3) is 0.316. The summed E-state index contributed by atoms with van der Waals surface area (Å²) in [5, 5.41) is 9.98. The number of fused-ring (bicyclic) bond motifs is 2. The molecule has 8 rings (SSSR count). The maximum Gasteiger partial charge on any atom is 0.127 e. The summed E-state index contributed by atoms with van der Waals surface area (Å²) in [5.74, 6) is 0.254. The summed E-state index contributed by atoms with van der Waals surface area (Å²) in [6.07, 6.45) is 10.3. The van der Waals surface area contributed by atoms with Gasteiger partial charge in [-0.25, -0.2) is 4.39 Å². The molecular formula is C38H39FN6O. The molecule has 2 N–H and O–H groups in total. The van der Waals surface area contributed by atoms with Crippen LogP contribution in [0, 0.1) is 5.82 Å². The molecule has 0 atom stereocenters. The molecule has 0 radical (unpaired) electrons. The van der Waals surface area contributed by atoms with Crippen molar-refractivity contribution < 1.29 is 9.13 Å². The van der Waals surface area contributed by atoms with Crippen LogP contribution in [-0.2, 0) is 6.54 Å². The summed E-state index contributed by atoms with van der Waals surface area (Å²) in [6, 6.07) is 21.9. The van der Waals surface area contributed by atoms with Gasteiger partial charge >= 0.3 is 0 Å². The van der Waals surface area contributed by atoms with Crippen LogP contribution in [0.15, 0.2) is 79.1 Å². The van der Waals surface area contributed by atoms with Gasteiger partial charge in [-0.1, -0.05) is 24.6 Å². The summed E-state index contributed by atoms with van der Waals surface area (Å²) < 4.78 is 20.9. The van der Waals surface area contributed by atoms with Gasteiger partial charge in [-0.3, -0.25) is 19.9 Å². The first-order valence-electron chi connectivity index (χ1n) is 16.6. The molecule has 2 saturated heterocycles. The van der Waals surface area contributed by atoms with Gasteiger partial charge < -0.3 is 9.72 Å². The topological polar surface area (TPSA) is 73.1 Å². The first kappa shape index (κ1) is 28.9. The lowest BCUT2D eigenvalue weighted by Gasteiger charge is -2.26. The lowest BCUT2D eigenvalue weighted by atomic mass is 10.0. The van der Waals surface area contributed by atoms with E-state index in [0.29, 0.717) is 12.4 Å². The van der Waals surface area contributed by atoms with Crippen LogP contribution in [0.5, 0.6) is 5.75 Å². The van der Waals surface area contributed by atoms with Crippen molar-refractivity contribution in [3.63, 3.8) is 0 Å². The largest absolute Gasteiger partial charge is 0.492 e. The molecular weight excluding hydrogens is 575 g/mol. The Morgan fingerprint density at radius 1 is 0.739 bits per heavy atom. The van der Waals surface area contributed by atoms with Crippen molar-refractivity contribution in [2.75, 3.05) is 39.3 Å². The number of ether oxygens (including phenoxy) is 1. The highest BCUT2D eigenvalue weighted by atomic mass is 19.1. The van der Waals surface area contributed by atoms with Gasteiger partial charge in [0.1, 0.15) is 23.9 Å². The van der Waals surface area contributed by atoms with Gasteiger partial charge in [-0.05, 0) is 117 Å². The van der Waals surface area contributed by atoms with E-state index in [1.54, 1.807) is 6.07 Å². The number of likely N-dealkylation sites (tertiary alicyclic amines) is 2. The van der Waals surface area contributed by atoms with Crippen molar-refractivity contribution in [2.45, 2.75) is 38.6 Å². The first-order valence-corrected chi connectivity index (χ1v) is 16.6. The van der Waals surface area contributed by atoms with E-state index in [9.17, 15) is 4.39 Å². The molecule has 2 aliphatic rings. The molecule has 46 heavy (non-hydrogen) atoms. The maximum atomic E-state index is 14.8. The number of rotatable bonds is 9. The molecule has 234 valence electrons. The third-order valence-electron chi connectivity index (χ3n) is 9.52. The van der Waals surface area contributed by atoms with E-state index in [4.69, 9.17) is 9.84 Å². The van der Waals surface area contributed by atoms with E-state index in [1.165, 1.54) is 43.7 Å². The normalized spacial score (nSPS) is 16.1. The second-order valence-corrected chi connectivity index (χ2v) is 12.8. The first-order chi connectivity index (χ1) is 22.7. The highest BCUT2D eigenvalue weighted by Crippen LogP contribution is 2.36. The number of nitrogens with one attached hydrogen (secondary N) is 2. The van der Waals surface area contributed by atoms with Crippen LogP contribution < -0.4 is 4.74 Å². The summed E-state index contributed by atoms with van der Waals surface area (Å²) in [6.45, 7) is 6.91. The van der Waals surface area contributed by atoms with Crippen LogP contribution in [0.3, 0.4) is 0 Å². The maximum absolute atomic E-state index is 14.8. The summed E-state index contributed by atoms with van der Waals surface area (Å²) >= 11 is 0. The van der Waals surface area contributed by atoms with Crippen LogP contribution in [0.25, 0.3) is 55.4 Å². The van der Waals surface area contributed by atoms with Gasteiger partial charge in [0.15, 0.2) is 0 Å². The Balaban J connectivity index is 1.08. The van der Waals surface area contributed by atoms with E-state index in [1.807, 2.05) is 30.6 Å². The van der Waals surface area contributed by atoms with Crippen LogP contribution in [0.1, 0.15) is 37.7 Å². The number of pyridine rings is 1. The Labute approximate surface area is 268 Å². The van der Waals surface area contributed by atoms with Gasteiger partial charge in [0.05, 0.1) is 11.2 Å². The van der Waals surface area contributed by atoms with Crippen LogP contribution in [0.4, 0.5) is 4.39 Å². The minimum atomic E-state index is -0.304. The van der Waals surface area contributed by atoms with Crippen LogP contribution in [0.2, 0.25) is 0 Å². The average Bonchev–Trinajstić information content (AvgIpc) is 3.85. The molecule has 2 fully saturated rings. The molecule has 8 heteroatoms. The molecule has 3 aromatic heterocycles. The lowest BCUT2D eigenvalue weighted by Crippen LogP contribution is -2.29. The van der Waals surface area contributed by atoms with Crippen molar-refractivity contribution in [2.24, 2.45) is 0 Å². The zero-order chi connectivity index (χ0) is 30.9. The number of benzene rings is 3. The van der Waals surface area contributed by atoms with Gasteiger partial charge in [0.25, 0.3) is 0 Å². The SMILES string of the molecule is Fc1cc(OCCN2CCCC2)cc(-c2cccc3[nH]c(-c4n[nH]c5ccc(-c6cncc(CN7CCCCC7)c6)cc45)cc23)c1. The predicted octanol–water partition coefficient (Wildman–Crippen LogP) is 8.04. The fourth-order valence-corrected chi connectivity index (χ4v) is 7.14.